The van der Waals surface area contributed by atoms with Crippen molar-refractivity contribution in [3.8, 4) is 22.6 Å². The first-order valence-corrected chi connectivity index (χ1v) is 11.4. The van der Waals surface area contributed by atoms with Crippen LogP contribution >= 0.6 is 0 Å². The SMILES string of the molecule is CC(C)(C)C(=O)Nc1cn2nc(-c3c(-c4ccc(F)cc4)ncn3CC3CNC(=O)C3)ccc2n1. The maximum atomic E-state index is 13.6. The van der Waals surface area contributed by atoms with Gasteiger partial charge in [0.2, 0.25) is 11.8 Å². The Morgan fingerprint density at radius 2 is 1.97 bits per heavy atom. The Morgan fingerprint density at radius 1 is 1.20 bits per heavy atom. The molecular weight excluding hydrogens is 449 g/mol. The Balaban J connectivity index is 1.55. The molecule has 2 N–H and O–H groups in total. The molecule has 0 saturated carbocycles. The normalized spacial score (nSPS) is 16.0. The first-order chi connectivity index (χ1) is 16.7. The lowest BCUT2D eigenvalue weighted by Crippen LogP contribution is -2.27. The van der Waals surface area contributed by atoms with Gasteiger partial charge in [0, 0.05) is 36.4 Å². The lowest BCUT2D eigenvalue weighted by molar-refractivity contribution is -0.123. The number of hydrogen-bond donors (Lipinski definition) is 2. The molecule has 1 saturated heterocycles. The zero-order chi connectivity index (χ0) is 24.7. The van der Waals surface area contributed by atoms with E-state index in [1.54, 1.807) is 29.2 Å². The number of aromatic nitrogens is 5. The van der Waals surface area contributed by atoms with Crippen LogP contribution in [0.25, 0.3) is 28.3 Å². The van der Waals surface area contributed by atoms with Crippen molar-refractivity contribution in [2.75, 3.05) is 11.9 Å². The molecule has 1 unspecified atom stereocenters. The summed E-state index contributed by atoms with van der Waals surface area (Å²) in [5.74, 6) is 0.119. The zero-order valence-electron chi connectivity index (χ0n) is 19.7. The average Bonchev–Trinajstić information content (AvgIpc) is 3.51. The highest BCUT2D eigenvalue weighted by atomic mass is 19.1. The van der Waals surface area contributed by atoms with Gasteiger partial charge in [0.15, 0.2) is 11.5 Å². The first kappa shape index (κ1) is 22.7. The van der Waals surface area contributed by atoms with Crippen LogP contribution in [-0.4, -0.2) is 42.5 Å². The molecule has 9 nitrogen and oxygen atoms in total. The summed E-state index contributed by atoms with van der Waals surface area (Å²) in [4.78, 5) is 33.2. The van der Waals surface area contributed by atoms with Crippen molar-refractivity contribution in [3.63, 3.8) is 0 Å². The van der Waals surface area contributed by atoms with Crippen molar-refractivity contribution in [2.24, 2.45) is 11.3 Å². The lowest BCUT2D eigenvalue weighted by atomic mass is 9.96. The Hall–Kier alpha value is -4.08. The van der Waals surface area contributed by atoms with E-state index in [4.69, 9.17) is 5.10 Å². The fourth-order valence-corrected chi connectivity index (χ4v) is 4.05. The molecule has 2 amide bonds. The number of nitrogens with one attached hydrogen (secondary N) is 2. The number of hydrogen-bond acceptors (Lipinski definition) is 5. The minimum absolute atomic E-state index is 0.0400. The maximum Gasteiger partial charge on any atom is 0.230 e. The van der Waals surface area contributed by atoms with Crippen molar-refractivity contribution in [2.45, 2.75) is 33.7 Å². The number of nitrogens with zero attached hydrogens (tertiary/aromatic N) is 5. The molecule has 1 aliphatic rings. The summed E-state index contributed by atoms with van der Waals surface area (Å²) in [6, 6.07) is 9.82. The minimum atomic E-state index is -0.554. The summed E-state index contributed by atoms with van der Waals surface area (Å²) in [7, 11) is 0. The molecule has 0 radical (unpaired) electrons. The molecule has 180 valence electrons. The highest BCUT2D eigenvalue weighted by Gasteiger charge is 2.25. The van der Waals surface area contributed by atoms with Gasteiger partial charge in [-0.1, -0.05) is 20.8 Å². The van der Waals surface area contributed by atoms with Crippen molar-refractivity contribution >= 4 is 23.3 Å². The number of benzene rings is 1. The van der Waals surface area contributed by atoms with Crippen molar-refractivity contribution in [1.29, 1.82) is 0 Å². The molecule has 0 spiro atoms. The first-order valence-electron chi connectivity index (χ1n) is 11.4. The molecule has 1 aliphatic heterocycles. The largest absolute Gasteiger partial charge is 0.356 e. The van der Waals surface area contributed by atoms with E-state index in [1.807, 2.05) is 37.5 Å². The molecule has 3 aromatic heterocycles. The Morgan fingerprint density at radius 3 is 2.66 bits per heavy atom. The van der Waals surface area contributed by atoms with Crippen LogP contribution in [0.1, 0.15) is 27.2 Å². The van der Waals surface area contributed by atoms with Gasteiger partial charge in [0.05, 0.1) is 23.9 Å². The second-order valence-corrected chi connectivity index (χ2v) is 9.83. The van der Waals surface area contributed by atoms with E-state index < -0.39 is 5.41 Å². The number of halogens is 1. The van der Waals surface area contributed by atoms with Gasteiger partial charge in [0.25, 0.3) is 0 Å². The van der Waals surface area contributed by atoms with Crippen LogP contribution in [-0.2, 0) is 16.1 Å². The van der Waals surface area contributed by atoms with Crippen LogP contribution in [0, 0.1) is 17.2 Å². The molecule has 1 fully saturated rings. The monoisotopic (exact) mass is 475 g/mol. The highest BCUT2D eigenvalue weighted by Crippen LogP contribution is 2.32. The van der Waals surface area contributed by atoms with E-state index in [0.29, 0.717) is 42.4 Å². The third-order valence-electron chi connectivity index (χ3n) is 5.96. The van der Waals surface area contributed by atoms with Crippen molar-refractivity contribution in [3.05, 3.63) is 54.7 Å². The fourth-order valence-electron chi connectivity index (χ4n) is 4.05. The van der Waals surface area contributed by atoms with Crippen LogP contribution in [0.5, 0.6) is 0 Å². The summed E-state index contributed by atoms with van der Waals surface area (Å²) in [5.41, 5.74) is 2.84. The van der Waals surface area contributed by atoms with E-state index >= 15 is 0 Å². The fraction of sp³-hybridized carbons (Fsp3) is 0.320. The number of carbonyl (C=O) groups is 2. The number of rotatable bonds is 5. The predicted molar refractivity (Wildman–Crippen MR) is 129 cm³/mol. The van der Waals surface area contributed by atoms with Crippen molar-refractivity contribution < 1.29 is 14.0 Å². The average molecular weight is 476 g/mol. The second-order valence-electron chi connectivity index (χ2n) is 9.83. The molecular formula is C25H26FN7O2. The molecule has 4 heterocycles. The number of imidazole rings is 2. The lowest BCUT2D eigenvalue weighted by Gasteiger charge is -2.15. The molecule has 1 atom stereocenters. The second kappa shape index (κ2) is 8.61. The summed E-state index contributed by atoms with van der Waals surface area (Å²) in [5, 5.41) is 10.4. The van der Waals surface area contributed by atoms with Gasteiger partial charge in [-0.25, -0.2) is 18.9 Å². The van der Waals surface area contributed by atoms with Gasteiger partial charge in [0.1, 0.15) is 11.5 Å². The number of fused-ring (bicyclic) bond motifs is 1. The summed E-state index contributed by atoms with van der Waals surface area (Å²) < 4.78 is 17.2. The molecule has 1 aromatic carbocycles. The molecule has 0 bridgehead atoms. The Bertz CT molecular complexity index is 1420. The molecule has 0 aliphatic carbocycles. The Kier molecular flexibility index (Phi) is 5.58. The van der Waals surface area contributed by atoms with Crippen LogP contribution in [0.15, 0.2) is 48.9 Å². The predicted octanol–water partition coefficient (Wildman–Crippen LogP) is 3.52. The van der Waals surface area contributed by atoms with Gasteiger partial charge < -0.3 is 15.2 Å². The van der Waals surface area contributed by atoms with Gasteiger partial charge >= 0.3 is 0 Å². The quantitative estimate of drug-likeness (QED) is 0.459. The maximum absolute atomic E-state index is 13.6. The minimum Gasteiger partial charge on any atom is -0.356 e. The van der Waals surface area contributed by atoms with Crippen LogP contribution in [0.4, 0.5) is 10.2 Å². The summed E-state index contributed by atoms with van der Waals surface area (Å²) >= 11 is 0. The van der Waals surface area contributed by atoms with Crippen LogP contribution in [0.3, 0.4) is 0 Å². The van der Waals surface area contributed by atoms with Gasteiger partial charge in [-0.15, -0.1) is 0 Å². The van der Waals surface area contributed by atoms with Gasteiger partial charge in [-0.2, -0.15) is 5.10 Å². The third kappa shape index (κ3) is 4.64. The van der Waals surface area contributed by atoms with E-state index in [2.05, 4.69) is 20.6 Å². The van der Waals surface area contributed by atoms with E-state index in [1.165, 1.54) is 12.1 Å². The number of amides is 2. The summed E-state index contributed by atoms with van der Waals surface area (Å²) in [6.45, 7) is 6.69. The number of anilines is 1. The van der Waals surface area contributed by atoms with Crippen molar-refractivity contribution in [1.82, 2.24) is 29.5 Å². The topological polar surface area (TPSA) is 106 Å². The summed E-state index contributed by atoms with van der Waals surface area (Å²) in [6.07, 6.45) is 3.85. The molecule has 4 aromatic rings. The van der Waals surface area contributed by atoms with Gasteiger partial charge in [-0.05, 0) is 36.4 Å². The molecule has 10 heteroatoms. The van der Waals surface area contributed by atoms with Crippen LogP contribution < -0.4 is 10.6 Å². The standard InChI is InChI=1S/C25H26FN7O2/c1-25(2,3)24(35)30-19-13-33-20(29-19)9-8-18(31-33)23-22(16-4-6-17(26)7-5-16)28-14-32(23)12-15-10-21(34)27-11-15/h4-9,13-15H,10-12H2,1-3H3,(H,27,34)(H,30,35). The third-order valence-corrected chi connectivity index (χ3v) is 5.96. The molecule has 5 rings (SSSR count). The van der Waals surface area contributed by atoms with Crippen LogP contribution in [0.2, 0.25) is 0 Å². The van der Waals surface area contributed by atoms with E-state index in [-0.39, 0.29) is 23.5 Å². The van der Waals surface area contributed by atoms with Gasteiger partial charge in [-0.3, -0.25) is 9.59 Å². The van der Waals surface area contributed by atoms with E-state index in [9.17, 15) is 14.0 Å². The zero-order valence-corrected chi connectivity index (χ0v) is 19.7. The highest BCUT2D eigenvalue weighted by molar-refractivity contribution is 5.94. The smallest absolute Gasteiger partial charge is 0.230 e. The number of carbonyl (C=O) groups excluding carboxylic acids is 2. The van der Waals surface area contributed by atoms with E-state index in [0.717, 1.165) is 11.3 Å². The molecule has 35 heavy (non-hydrogen) atoms. The Labute approximate surface area is 201 Å².